The van der Waals surface area contributed by atoms with Gasteiger partial charge in [-0.15, -0.1) is 0 Å². The number of thioether (sulfide) groups is 1. The standard InChI is InChI=1S/C11H22N2OS/c1-15-8-4-7-13-10(14)11(9-12)5-2-3-6-11/h2-9,12H2,1H3,(H,13,14). The van der Waals surface area contributed by atoms with Gasteiger partial charge in [0.1, 0.15) is 0 Å². The lowest BCUT2D eigenvalue weighted by Gasteiger charge is -2.25. The summed E-state index contributed by atoms with van der Waals surface area (Å²) in [7, 11) is 0. The summed E-state index contributed by atoms with van der Waals surface area (Å²) >= 11 is 1.81. The van der Waals surface area contributed by atoms with E-state index in [-0.39, 0.29) is 11.3 Å². The summed E-state index contributed by atoms with van der Waals surface area (Å²) in [5, 5.41) is 3.02. The van der Waals surface area contributed by atoms with Gasteiger partial charge in [-0.1, -0.05) is 12.8 Å². The number of carbonyl (C=O) groups is 1. The highest BCUT2D eigenvalue weighted by molar-refractivity contribution is 7.98. The van der Waals surface area contributed by atoms with E-state index in [9.17, 15) is 4.79 Å². The maximum Gasteiger partial charge on any atom is 0.227 e. The molecule has 0 spiro atoms. The number of rotatable bonds is 6. The maximum absolute atomic E-state index is 12.0. The fraction of sp³-hybridized carbons (Fsp3) is 0.909. The van der Waals surface area contributed by atoms with Crippen molar-refractivity contribution in [2.75, 3.05) is 25.1 Å². The minimum Gasteiger partial charge on any atom is -0.356 e. The highest BCUT2D eigenvalue weighted by atomic mass is 32.2. The first-order chi connectivity index (χ1) is 7.25. The first-order valence-corrected chi connectivity index (χ1v) is 7.12. The second-order valence-corrected chi connectivity index (χ2v) is 5.28. The van der Waals surface area contributed by atoms with E-state index < -0.39 is 0 Å². The lowest BCUT2D eigenvalue weighted by Crippen LogP contribution is -2.44. The van der Waals surface area contributed by atoms with Gasteiger partial charge in [-0.25, -0.2) is 0 Å². The van der Waals surface area contributed by atoms with Gasteiger partial charge in [-0.05, 0) is 31.3 Å². The monoisotopic (exact) mass is 230 g/mol. The molecule has 3 N–H and O–H groups in total. The van der Waals surface area contributed by atoms with E-state index in [1.165, 1.54) is 0 Å². The number of carbonyl (C=O) groups excluding carboxylic acids is 1. The molecule has 0 aromatic heterocycles. The van der Waals surface area contributed by atoms with Crippen molar-refractivity contribution < 1.29 is 4.79 Å². The summed E-state index contributed by atoms with van der Waals surface area (Å²) in [6.07, 6.45) is 7.37. The summed E-state index contributed by atoms with van der Waals surface area (Å²) in [5.41, 5.74) is 5.50. The van der Waals surface area contributed by atoms with Crippen LogP contribution in [0.5, 0.6) is 0 Å². The van der Waals surface area contributed by atoms with Crippen LogP contribution in [0.4, 0.5) is 0 Å². The van der Waals surface area contributed by atoms with Crippen LogP contribution in [0, 0.1) is 5.41 Å². The smallest absolute Gasteiger partial charge is 0.227 e. The van der Waals surface area contributed by atoms with Gasteiger partial charge in [-0.2, -0.15) is 11.8 Å². The summed E-state index contributed by atoms with van der Waals surface area (Å²) in [6, 6.07) is 0. The van der Waals surface area contributed by atoms with Crippen LogP contribution < -0.4 is 11.1 Å². The molecule has 0 aromatic rings. The number of amides is 1. The highest BCUT2D eigenvalue weighted by Crippen LogP contribution is 2.37. The molecule has 0 aromatic carbocycles. The van der Waals surface area contributed by atoms with Crippen molar-refractivity contribution in [2.24, 2.45) is 11.1 Å². The van der Waals surface area contributed by atoms with E-state index in [2.05, 4.69) is 11.6 Å². The van der Waals surface area contributed by atoms with Crippen LogP contribution in [0.15, 0.2) is 0 Å². The molecular weight excluding hydrogens is 208 g/mol. The Morgan fingerprint density at radius 3 is 2.67 bits per heavy atom. The van der Waals surface area contributed by atoms with Gasteiger partial charge in [0.05, 0.1) is 5.41 Å². The van der Waals surface area contributed by atoms with Crippen molar-refractivity contribution in [1.29, 1.82) is 0 Å². The second kappa shape index (κ2) is 6.38. The average molecular weight is 230 g/mol. The lowest BCUT2D eigenvalue weighted by molar-refractivity contribution is -0.130. The fourth-order valence-corrected chi connectivity index (χ4v) is 2.61. The number of nitrogens with two attached hydrogens (primary N) is 1. The first-order valence-electron chi connectivity index (χ1n) is 5.72. The van der Waals surface area contributed by atoms with Gasteiger partial charge in [0.15, 0.2) is 0 Å². The van der Waals surface area contributed by atoms with Crippen molar-refractivity contribution in [3.63, 3.8) is 0 Å². The van der Waals surface area contributed by atoms with E-state index in [1.54, 1.807) is 0 Å². The van der Waals surface area contributed by atoms with Crippen molar-refractivity contribution >= 4 is 17.7 Å². The maximum atomic E-state index is 12.0. The van der Waals surface area contributed by atoms with Crippen LogP contribution in [0.2, 0.25) is 0 Å². The third-order valence-corrected chi connectivity index (χ3v) is 3.94. The third-order valence-electron chi connectivity index (χ3n) is 3.24. The van der Waals surface area contributed by atoms with Crippen LogP contribution in [0.25, 0.3) is 0 Å². The summed E-state index contributed by atoms with van der Waals surface area (Å²) < 4.78 is 0. The van der Waals surface area contributed by atoms with Gasteiger partial charge >= 0.3 is 0 Å². The van der Waals surface area contributed by atoms with Crippen molar-refractivity contribution in [1.82, 2.24) is 5.32 Å². The second-order valence-electron chi connectivity index (χ2n) is 4.29. The van der Waals surface area contributed by atoms with Crippen LogP contribution in [-0.4, -0.2) is 31.0 Å². The Morgan fingerprint density at radius 1 is 1.47 bits per heavy atom. The molecule has 1 fully saturated rings. The first kappa shape index (κ1) is 12.8. The SMILES string of the molecule is CSCCCNC(=O)C1(CN)CCCC1. The molecule has 88 valence electrons. The van der Waals surface area contributed by atoms with E-state index in [4.69, 9.17) is 5.73 Å². The number of hydrogen-bond acceptors (Lipinski definition) is 3. The molecule has 0 atom stereocenters. The average Bonchev–Trinajstić information content (AvgIpc) is 2.74. The predicted octanol–water partition coefficient (Wildman–Crippen LogP) is 1.37. The molecule has 4 heteroatoms. The topological polar surface area (TPSA) is 55.1 Å². The Morgan fingerprint density at radius 2 is 2.13 bits per heavy atom. The van der Waals surface area contributed by atoms with Gasteiger partial charge in [0.2, 0.25) is 5.91 Å². The molecule has 0 heterocycles. The number of nitrogens with one attached hydrogen (secondary N) is 1. The zero-order valence-electron chi connectivity index (χ0n) is 9.55. The molecule has 1 amide bonds. The lowest BCUT2D eigenvalue weighted by atomic mass is 9.85. The predicted molar refractivity (Wildman–Crippen MR) is 66.0 cm³/mol. The molecule has 1 aliphatic carbocycles. The third kappa shape index (κ3) is 3.38. The minimum absolute atomic E-state index is 0.184. The summed E-state index contributed by atoms with van der Waals surface area (Å²) in [4.78, 5) is 12.0. The molecule has 1 saturated carbocycles. The highest BCUT2D eigenvalue weighted by Gasteiger charge is 2.39. The quantitative estimate of drug-likeness (QED) is 0.678. The molecule has 1 rings (SSSR count). The molecule has 3 nitrogen and oxygen atoms in total. The Labute approximate surface area is 96.6 Å². The van der Waals surface area contributed by atoms with Crippen LogP contribution in [0.3, 0.4) is 0 Å². The molecular formula is C11H22N2OS. The van der Waals surface area contributed by atoms with Crippen molar-refractivity contribution in [2.45, 2.75) is 32.1 Å². The zero-order valence-corrected chi connectivity index (χ0v) is 10.4. The molecule has 0 radical (unpaired) electrons. The van der Waals surface area contributed by atoms with Crippen LogP contribution in [0.1, 0.15) is 32.1 Å². The van der Waals surface area contributed by atoms with E-state index in [1.807, 2.05) is 11.8 Å². The van der Waals surface area contributed by atoms with E-state index in [0.717, 1.165) is 44.4 Å². The van der Waals surface area contributed by atoms with Gasteiger partial charge in [0, 0.05) is 13.1 Å². The van der Waals surface area contributed by atoms with Crippen molar-refractivity contribution in [3.05, 3.63) is 0 Å². The minimum atomic E-state index is -0.237. The summed E-state index contributed by atoms with van der Waals surface area (Å²) in [5.74, 6) is 1.29. The Kier molecular flexibility index (Phi) is 5.47. The largest absolute Gasteiger partial charge is 0.356 e. The fourth-order valence-electron chi connectivity index (χ4n) is 2.18. The van der Waals surface area contributed by atoms with E-state index >= 15 is 0 Å². The Hall–Kier alpha value is -0.220. The van der Waals surface area contributed by atoms with Crippen molar-refractivity contribution in [3.8, 4) is 0 Å². The molecule has 0 bridgehead atoms. The Balaban J connectivity index is 2.31. The molecule has 0 aliphatic heterocycles. The Bertz CT molecular complexity index is 203. The van der Waals surface area contributed by atoms with Gasteiger partial charge < -0.3 is 11.1 Å². The van der Waals surface area contributed by atoms with E-state index in [0.29, 0.717) is 6.54 Å². The summed E-state index contributed by atoms with van der Waals surface area (Å²) in [6.45, 7) is 1.29. The molecule has 1 aliphatic rings. The molecule has 15 heavy (non-hydrogen) atoms. The van der Waals surface area contributed by atoms with Crippen LogP contribution in [-0.2, 0) is 4.79 Å². The normalized spacial score (nSPS) is 19.1. The zero-order chi connectivity index (χ0) is 11.1. The van der Waals surface area contributed by atoms with Gasteiger partial charge in [0.25, 0.3) is 0 Å². The number of hydrogen-bond donors (Lipinski definition) is 2. The van der Waals surface area contributed by atoms with Crippen LogP contribution >= 0.6 is 11.8 Å². The molecule has 0 unspecified atom stereocenters. The van der Waals surface area contributed by atoms with Gasteiger partial charge in [-0.3, -0.25) is 4.79 Å². The molecule has 0 saturated heterocycles.